The van der Waals surface area contributed by atoms with Crippen molar-refractivity contribution in [1.82, 2.24) is 0 Å². The normalized spacial score (nSPS) is 15.2. The molecule has 0 bridgehead atoms. The number of allylic oxidation sites excluding steroid dienone is 1. The SMILES string of the molecule is CC1=C(N)c2ccccc2C1=O. The Morgan fingerprint density at radius 3 is 2.33 bits per heavy atom. The third kappa shape index (κ3) is 0.720. The molecule has 0 spiro atoms. The van der Waals surface area contributed by atoms with Crippen LogP contribution in [0.2, 0.25) is 0 Å². The molecule has 2 rings (SSSR count). The van der Waals surface area contributed by atoms with Crippen molar-refractivity contribution in [2.45, 2.75) is 6.92 Å². The van der Waals surface area contributed by atoms with Crippen molar-refractivity contribution in [1.29, 1.82) is 0 Å². The molecule has 1 aromatic carbocycles. The predicted octanol–water partition coefficient (Wildman–Crippen LogP) is 1.57. The van der Waals surface area contributed by atoms with Crippen LogP contribution in [-0.2, 0) is 0 Å². The molecule has 2 nitrogen and oxygen atoms in total. The van der Waals surface area contributed by atoms with E-state index in [-0.39, 0.29) is 5.78 Å². The van der Waals surface area contributed by atoms with Crippen LogP contribution < -0.4 is 5.73 Å². The number of rotatable bonds is 0. The first-order valence-electron chi connectivity index (χ1n) is 3.82. The van der Waals surface area contributed by atoms with Crippen molar-refractivity contribution in [3.8, 4) is 0 Å². The van der Waals surface area contributed by atoms with Gasteiger partial charge in [-0.1, -0.05) is 24.3 Å². The van der Waals surface area contributed by atoms with E-state index in [4.69, 9.17) is 5.73 Å². The molecule has 0 fully saturated rings. The zero-order valence-corrected chi connectivity index (χ0v) is 6.79. The number of benzene rings is 1. The Morgan fingerprint density at radius 1 is 1.17 bits per heavy atom. The lowest BCUT2D eigenvalue weighted by Gasteiger charge is -1.96. The molecule has 0 atom stereocenters. The maximum absolute atomic E-state index is 11.5. The zero-order chi connectivity index (χ0) is 8.72. The highest BCUT2D eigenvalue weighted by Crippen LogP contribution is 2.28. The number of carbonyl (C=O) groups excluding carboxylic acids is 1. The van der Waals surface area contributed by atoms with Crippen molar-refractivity contribution in [2.24, 2.45) is 5.73 Å². The number of carbonyl (C=O) groups is 1. The summed E-state index contributed by atoms with van der Waals surface area (Å²) in [7, 11) is 0. The molecule has 0 radical (unpaired) electrons. The minimum Gasteiger partial charge on any atom is -0.398 e. The lowest BCUT2D eigenvalue weighted by atomic mass is 10.1. The number of fused-ring (bicyclic) bond motifs is 1. The van der Waals surface area contributed by atoms with Gasteiger partial charge in [-0.15, -0.1) is 0 Å². The minimum absolute atomic E-state index is 0.0584. The molecular formula is C10H9NO. The lowest BCUT2D eigenvalue weighted by Crippen LogP contribution is -1.95. The maximum Gasteiger partial charge on any atom is 0.191 e. The van der Waals surface area contributed by atoms with Crippen LogP contribution in [0, 0.1) is 0 Å². The maximum atomic E-state index is 11.5. The average Bonchev–Trinajstić information content (AvgIpc) is 2.33. The average molecular weight is 159 g/mol. The van der Waals surface area contributed by atoms with Crippen molar-refractivity contribution in [2.75, 3.05) is 0 Å². The van der Waals surface area contributed by atoms with E-state index in [1.165, 1.54) is 0 Å². The number of hydrogen-bond donors (Lipinski definition) is 1. The van der Waals surface area contributed by atoms with E-state index in [9.17, 15) is 4.79 Å². The third-order valence-corrected chi connectivity index (χ3v) is 2.21. The van der Waals surface area contributed by atoms with E-state index in [0.717, 1.165) is 11.1 Å². The van der Waals surface area contributed by atoms with Crippen LogP contribution in [0.25, 0.3) is 5.70 Å². The van der Waals surface area contributed by atoms with Crippen molar-refractivity contribution < 1.29 is 4.79 Å². The molecule has 12 heavy (non-hydrogen) atoms. The summed E-state index contributed by atoms with van der Waals surface area (Å²) >= 11 is 0. The van der Waals surface area contributed by atoms with Crippen LogP contribution >= 0.6 is 0 Å². The topological polar surface area (TPSA) is 43.1 Å². The highest BCUT2D eigenvalue weighted by atomic mass is 16.1. The molecule has 0 heterocycles. The smallest absolute Gasteiger partial charge is 0.191 e. The fraction of sp³-hybridized carbons (Fsp3) is 0.100. The second-order valence-electron chi connectivity index (χ2n) is 2.91. The van der Waals surface area contributed by atoms with E-state index < -0.39 is 0 Å². The quantitative estimate of drug-likeness (QED) is 0.624. The van der Waals surface area contributed by atoms with E-state index in [1.807, 2.05) is 18.2 Å². The van der Waals surface area contributed by atoms with Gasteiger partial charge in [-0.3, -0.25) is 4.79 Å². The van der Waals surface area contributed by atoms with E-state index in [1.54, 1.807) is 13.0 Å². The van der Waals surface area contributed by atoms with Crippen LogP contribution in [-0.4, -0.2) is 5.78 Å². The first kappa shape index (κ1) is 7.10. The summed E-state index contributed by atoms with van der Waals surface area (Å²) in [5.74, 6) is 0.0584. The molecule has 2 heteroatoms. The van der Waals surface area contributed by atoms with Crippen LogP contribution in [0.1, 0.15) is 22.8 Å². The van der Waals surface area contributed by atoms with Gasteiger partial charge in [0.15, 0.2) is 5.78 Å². The molecule has 1 aliphatic rings. The zero-order valence-electron chi connectivity index (χ0n) is 6.79. The molecule has 1 aliphatic carbocycles. The summed E-state index contributed by atoms with van der Waals surface area (Å²) in [6.07, 6.45) is 0. The Balaban J connectivity index is 2.73. The number of nitrogens with two attached hydrogens (primary N) is 1. The third-order valence-electron chi connectivity index (χ3n) is 2.21. The molecule has 0 aliphatic heterocycles. The molecule has 0 unspecified atom stereocenters. The van der Waals surface area contributed by atoms with Gasteiger partial charge in [-0.2, -0.15) is 0 Å². The highest BCUT2D eigenvalue weighted by molar-refractivity contribution is 6.19. The minimum atomic E-state index is 0.0584. The van der Waals surface area contributed by atoms with Gasteiger partial charge in [0.1, 0.15) is 0 Å². The monoisotopic (exact) mass is 159 g/mol. The Morgan fingerprint density at radius 2 is 1.75 bits per heavy atom. The van der Waals surface area contributed by atoms with Gasteiger partial charge < -0.3 is 5.73 Å². The molecule has 1 aromatic rings. The summed E-state index contributed by atoms with van der Waals surface area (Å²) in [4.78, 5) is 11.5. The number of ketones is 1. The largest absolute Gasteiger partial charge is 0.398 e. The van der Waals surface area contributed by atoms with Gasteiger partial charge in [-0.25, -0.2) is 0 Å². The first-order valence-corrected chi connectivity index (χ1v) is 3.82. The molecule has 60 valence electrons. The Labute approximate surface area is 70.7 Å². The van der Waals surface area contributed by atoms with Crippen LogP contribution in [0.4, 0.5) is 0 Å². The second kappa shape index (κ2) is 2.21. The number of hydrogen-bond acceptors (Lipinski definition) is 2. The van der Waals surface area contributed by atoms with E-state index >= 15 is 0 Å². The van der Waals surface area contributed by atoms with Crippen molar-refractivity contribution in [3.05, 3.63) is 41.0 Å². The van der Waals surface area contributed by atoms with Gasteiger partial charge in [-0.05, 0) is 6.92 Å². The summed E-state index contributed by atoms with van der Waals surface area (Å²) in [6, 6.07) is 7.42. The predicted molar refractivity (Wildman–Crippen MR) is 47.6 cm³/mol. The van der Waals surface area contributed by atoms with Crippen LogP contribution in [0.3, 0.4) is 0 Å². The molecular weight excluding hydrogens is 150 g/mol. The molecule has 0 saturated carbocycles. The number of Topliss-reactive ketones (excluding diaryl/α,β-unsaturated/α-hetero) is 1. The molecule has 0 amide bonds. The van der Waals surface area contributed by atoms with Gasteiger partial charge >= 0.3 is 0 Å². The van der Waals surface area contributed by atoms with Gasteiger partial charge in [0.25, 0.3) is 0 Å². The lowest BCUT2D eigenvalue weighted by molar-refractivity contribution is 0.103. The van der Waals surface area contributed by atoms with Gasteiger partial charge in [0.2, 0.25) is 0 Å². The van der Waals surface area contributed by atoms with Gasteiger partial charge in [0, 0.05) is 22.4 Å². The molecule has 0 saturated heterocycles. The molecule has 0 aromatic heterocycles. The summed E-state index contributed by atoms with van der Waals surface area (Å²) in [5, 5.41) is 0. The highest BCUT2D eigenvalue weighted by Gasteiger charge is 2.23. The Kier molecular flexibility index (Phi) is 1.30. The van der Waals surface area contributed by atoms with E-state index in [0.29, 0.717) is 11.3 Å². The standard InChI is InChI=1S/C10H9NO/c1-6-9(11)7-4-2-3-5-8(7)10(6)12/h2-5H,11H2,1H3. The van der Waals surface area contributed by atoms with Crippen LogP contribution in [0.5, 0.6) is 0 Å². The summed E-state index contributed by atoms with van der Waals surface area (Å²) in [5.41, 5.74) is 8.63. The Hall–Kier alpha value is -1.57. The molecule has 2 N–H and O–H groups in total. The fourth-order valence-electron chi connectivity index (χ4n) is 1.44. The van der Waals surface area contributed by atoms with E-state index in [2.05, 4.69) is 0 Å². The van der Waals surface area contributed by atoms with Crippen LogP contribution in [0.15, 0.2) is 29.8 Å². The second-order valence-corrected chi connectivity index (χ2v) is 2.91. The summed E-state index contributed by atoms with van der Waals surface area (Å²) < 4.78 is 0. The summed E-state index contributed by atoms with van der Waals surface area (Å²) in [6.45, 7) is 1.76. The first-order chi connectivity index (χ1) is 5.72. The van der Waals surface area contributed by atoms with Gasteiger partial charge in [0.05, 0.1) is 0 Å². The Bertz CT molecular complexity index is 391. The van der Waals surface area contributed by atoms with Crippen molar-refractivity contribution >= 4 is 11.5 Å². The fourth-order valence-corrected chi connectivity index (χ4v) is 1.44. The van der Waals surface area contributed by atoms with Crippen molar-refractivity contribution in [3.63, 3.8) is 0 Å².